The van der Waals surface area contributed by atoms with E-state index < -0.39 is 5.97 Å². The molecule has 1 heterocycles. The summed E-state index contributed by atoms with van der Waals surface area (Å²) in [5.74, 6) is -0.944. The molecule has 1 aromatic heterocycles. The van der Waals surface area contributed by atoms with Crippen LogP contribution in [0.2, 0.25) is 0 Å². The minimum atomic E-state index is -0.889. The first-order valence-corrected chi connectivity index (χ1v) is 5.52. The number of aromatic nitrogens is 1. The summed E-state index contributed by atoms with van der Waals surface area (Å²) in [6.07, 6.45) is 3.54. The highest BCUT2D eigenvalue weighted by molar-refractivity contribution is 5.79. The third-order valence-electron chi connectivity index (χ3n) is 2.43. The summed E-state index contributed by atoms with van der Waals surface area (Å²) in [6, 6.07) is 3.56. The maximum atomic E-state index is 11.9. The summed E-state index contributed by atoms with van der Waals surface area (Å²) in [5, 5.41) is 8.58. The number of likely N-dealkylation sites (N-methyl/N-ethyl adjacent to an activating group) is 1. The minimum absolute atomic E-state index is 0.0179. The number of pyridine rings is 1. The van der Waals surface area contributed by atoms with Crippen LogP contribution in [0.4, 0.5) is 0 Å². The van der Waals surface area contributed by atoms with E-state index in [0.29, 0.717) is 6.54 Å². The van der Waals surface area contributed by atoms with E-state index in [1.165, 1.54) is 0 Å². The molecule has 1 N–H and O–H groups in total. The smallest absolute Gasteiger partial charge is 0.305 e. The molecular weight excluding hydrogens is 220 g/mol. The van der Waals surface area contributed by atoms with Gasteiger partial charge in [-0.2, -0.15) is 0 Å². The number of carbonyl (C=O) groups excluding carboxylic acids is 1. The van der Waals surface area contributed by atoms with Gasteiger partial charge in [-0.15, -0.1) is 0 Å². The number of amides is 1. The summed E-state index contributed by atoms with van der Waals surface area (Å²) in [6.45, 7) is 2.62. The number of carboxylic acid groups (broad SMARTS) is 1. The van der Waals surface area contributed by atoms with Gasteiger partial charge >= 0.3 is 5.97 Å². The average Bonchev–Trinajstić information content (AvgIpc) is 2.30. The number of carbonyl (C=O) groups is 2. The van der Waals surface area contributed by atoms with Crippen molar-refractivity contribution in [3.05, 3.63) is 30.1 Å². The van der Waals surface area contributed by atoms with Crippen molar-refractivity contribution >= 4 is 11.9 Å². The summed E-state index contributed by atoms with van der Waals surface area (Å²) in [7, 11) is 0. The van der Waals surface area contributed by atoms with Crippen LogP contribution >= 0.6 is 0 Å². The number of nitrogens with zero attached hydrogens (tertiary/aromatic N) is 2. The van der Waals surface area contributed by atoms with Gasteiger partial charge in [-0.25, -0.2) is 0 Å². The number of hydrogen-bond donors (Lipinski definition) is 1. The first kappa shape index (κ1) is 13.2. The average molecular weight is 236 g/mol. The number of aliphatic carboxylic acids is 1. The zero-order valence-corrected chi connectivity index (χ0v) is 9.80. The molecular formula is C12H16N2O3. The van der Waals surface area contributed by atoms with Crippen molar-refractivity contribution in [2.75, 3.05) is 13.1 Å². The van der Waals surface area contributed by atoms with Crippen LogP contribution in [0, 0.1) is 0 Å². The Morgan fingerprint density at radius 3 is 2.53 bits per heavy atom. The molecule has 0 aliphatic heterocycles. The van der Waals surface area contributed by atoms with E-state index in [4.69, 9.17) is 5.11 Å². The van der Waals surface area contributed by atoms with E-state index in [-0.39, 0.29) is 25.3 Å². The largest absolute Gasteiger partial charge is 0.481 e. The van der Waals surface area contributed by atoms with Gasteiger partial charge in [0.1, 0.15) is 0 Å². The highest BCUT2D eigenvalue weighted by Gasteiger charge is 2.13. The van der Waals surface area contributed by atoms with Gasteiger partial charge in [0, 0.05) is 25.5 Å². The highest BCUT2D eigenvalue weighted by Crippen LogP contribution is 2.02. The van der Waals surface area contributed by atoms with Gasteiger partial charge in [-0.1, -0.05) is 0 Å². The second-order valence-electron chi connectivity index (χ2n) is 3.65. The Hall–Kier alpha value is -1.91. The lowest BCUT2D eigenvalue weighted by molar-refractivity contribution is -0.138. The van der Waals surface area contributed by atoms with Crippen LogP contribution < -0.4 is 0 Å². The monoisotopic (exact) mass is 236 g/mol. The standard InChI is InChI=1S/C12H16N2O3/c1-2-14(8-5-12(16)17)11(15)9-10-3-6-13-7-4-10/h3-4,6-7H,2,5,8-9H2,1H3,(H,16,17). The highest BCUT2D eigenvalue weighted by atomic mass is 16.4. The second kappa shape index (κ2) is 6.62. The topological polar surface area (TPSA) is 70.5 Å². The number of rotatable bonds is 6. The molecule has 5 nitrogen and oxygen atoms in total. The Kier molecular flexibility index (Phi) is 5.13. The summed E-state index contributed by atoms with van der Waals surface area (Å²) < 4.78 is 0. The molecule has 0 aliphatic carbocycles. The minimum Gasteiger partial charge on any atom is -0.481 e. The van der Waals surface area contributed by atoms with Crippen molar-refractivity contribution in [2.24, 2.45) is 0 Å². The van der Waals surface area contributed by atoms with Gasteiger partial charge in [-0.3, -0.25) is 14.6 Å². The summed E-state index contributed by atoms with van der Waals surface area (Å²) in [5.41, 5.74) is 0.888. The second-order valence-corrected chi connectivity index (χ2v) is 3.65. The molecule has 1 aromatic rings. The third-order valence-corrected chi connectivity index (χ3v) is 2.43. The first-order chi connectivity index (χ1) is 8.13. The molecule has 0 saturated heterocycles. The Bertz CT molecular complexity index is 379. The Labute approximate surface area is 100 Å². The number of hydrogen-bond acceptors (Lipinski definition) is 3. The van der Waals surface area contributed by atoms with E-state index in [0.717, 1.165) is 5.56 Å². The Morgan fingerprint density at radius 1 is 1.35 bits per heavy atom. The lowest BCUT2D eigenvalue weighted by atomic mass is 10.2. The van der Waals surface area contributed by atoms with Crippen LogP contribution in [0.1, 0.15) is 18.9 Å². The summed E-state index contributed by atoms with van der Waals surface area (Å²) in [4.78, 5) is 27.7. The van der Waals surface area contributed by atoms with Crippen molar-refractivity contribution in [3.8, 4) is 0 Å². The quantitative estimate of drug-likeness (QED) is 0.798. The fourth-order valence-electron chi connectivity index (χ4n) is 1.48. The molecule has 92 valence electrons. The molecule has 0 aliphatic rings. The van der Waals surface area contributed by atoms with Crippen molar-refractivity contribution in [2.45, 2.75) is 19.8 Å². The molecule has 17 heavy (non-hydrogen) atoms. The van der Waals surface area contributed by atoms with E-state index >= 15 is 0 Å². The lowest BCUT2D eigenvalue weighted by Gasteiger charge is -2.19. The van der Waals surface area contributed by atoms with Crippen LogP contribution in [-0.2, 0) is 16.0 Å². The van der Waals surface area contributed by atoms with Crippen molar-refractivity contribution in [1.82, 2.24) is 9.88 Å². The van der Waals surface area contributed by atoms with Gasteiger partial charge in [-0.05, 0) is 24.6 Å². The van der Waals surface area contributed by atoms with Crippen LogP contribution in [0.3, 0.4) is 0 Å². The fraction of sp³-hybridized carbons (Fsp3) is 0.417. The van der Waals surface area contributed by atoms with Crippen LogP contribution in [0.15, 0.2) is 24.5 Å². The van der Waals surface area contributed by atoms with Gasteiger partial charge < -0.3 is 10.0 Å². The Morgan fingerprint density at radius 2 is 2.00 bits per heavy atom. The first-order valence-electron chi connectivity index (χ1n) is 5.52. The molecule has 1 rings (SSSR count). The van der Waals surface area contributed by atoms with Crippen LogP contribution in [-0.4, -0.2) is 40.0 Å². The molecule has 1 amide bonds. The predicted octanol–water partition coefficient (Wildman–Crippen LogP) is 0.947. The molecule has 0 bridgehead atoms. The van der Waals surface area contributed by atoms with Crippen LogP contribution in [0.25, 0.3) is 0 Å². The Balaban J connectivity index is 2.52. The van der Waals surface area contributed by atoms with Crippen molar-refractivity contribution in [1.29, 1.82) is 0 Å². The predicted molar refractivity (Wildman–Crippen MR) is 62.4 cm³/mol. The number of carboxylic acids is 1. The van der Waals surface area contributed by atoms with E-state index in [1.54, 1.807) is 29.4 Å². The van der Waals surface area contributed by atoms with Crippen molar-refractivity contribution < 1.29 is 14.7 Å². The third kappa shape index (κ3) is 4.63. The summed E-state index contributed by atoms with van der Waals surface area (Å²) >= 11 is 0. The zero-order chi connectivity index (χ0) is 12.7. The van der Waals surface area contributed by atoms with Gasteiger partial charge in [0.25, 0.3) is 0 Å². The van der Waals surface area contributed by atoms with Gasteiger partial charge in [0.2, 0.25) is 5.91 Å². The maximum absolute atomic E-state index is 11.9. The van der Waals surface area contributed by atoms with E-state index in [1.807, 2.05) is 6.92 Å². The van der Waals surface area contributed by atoms with E-state index in [9.17, 15) is 9.59 Å². The van der Waals surface area contributed by atoms with E-state index in [2.05, 4.69) is 4.98 Å². The molecule has 0 saturated carbocycles. The van der Waals surface area contributed by atoms with Gasteiger partial charge in [0.05, 0.1) is 12.8 Å². The molecule has 5 heteroatoms. The molecule has 0 unspecified atom stereocenters. The fourth-order valence-corrected chi connectivity index (χ4v) is 1.48. The van der Waals surface area contributed by atoms with Crippen LogP contribution in [0.5, 0.6) is 0 Å². The lowest BCUT2D eigenvalue weighted by Crippen LogP contribution is -2.34. The molecule has 0 aromatic carbocycles. The normalized spacial score (nSPS) is 9.94. The maximum Gasteiger partial charge on any atom is 0.305 e. The van der Waals surface area contributed by atoms with Crippen molar-refractivity contribution in [3.63, 3.8) is 0 Å². The zero-order valence-electron chi connectivity index (χ0n) is 9.80. The SMILES string of the molecule is CCN(CCC(=O)O)C(=O)Cc1ccncc1. The molecule has 0 spiro atoms. The molecule has 0 atom stereocenters. The molecule has 0 fully saturated rings. The molecule has 0 radical (unpaired) electrons. The van der Waals surface area contributed by atoms with Gasteiger partial charge in [0.15, 0.2) is 0 Å².